The predicted molar refractivity (Wildman–Crippen MR) is 80.9 cm³/mol. The maximum atomic E-state index is 10.5. The van der Waals surface area contributed by atoms with Crippen molar-refractivity contribution in [1.29, 1.82) is 0 Å². The van der Waals surface area contributed by atoms with E-state index in [4.69, 9.17) is 15.3 Å². The van der Waals surface area contributed by atoms with E-state index >= 15 is 0 Å². The van der Waals surface area contributed by atoms with Crippen molar-refractivity contribution in [2.24, 2.45) is 11.8 Å². The van der Waals surface area contributed by atoms with Gasteiger partial charge in [0, 0.05) is 26.3 Å². The zero-order chi connectivity index (χ0) is 16.8. The van der Waals surface area contributed by atoms with Crippen LogP contribution in [0.15, 0.2) is 0 Å². The Balaban J connectivity index is 4.22. The van der Waals surface area contributed by atoms with Crippen LogP contribution in [0.1, 0.15) is 38.5 Å². The van der Waals surface area contributed by atoms with Crippen LogP contribution in [-0.4, -0.2) is 58.9 Å². The first-order valence-corrected chi connectivity index (χ1v) is 7.64. The summed E-state index contributed by atoms with van der Waals surface area (Å²) in [7, 11) is 0. The molecular formula is C14H28N2O6. The number of hydrogen-bond donors (Lipinski definition) is 6. The molecule has 0 aliphatic heterocycles. The van der Waals surface area contributed by atoms with Gasteiger partial charge in [-0.2, -0.15) is 0 Å². The average molecular weight is 320 g/mol. The lowest BCUT2D eigenvalue weighted by atomic mass is 9.87. The molecule has 0 aromatic carbocycles. The third-order valence-electron chi connectivity index (χ3n) is 3.60. The Kier molecular flexibility index (Phi) is 12.2. The number of nitrogens with one attached hydrogen (secondary N) is 2. The largest absolute Gasteiger partial charge is 0.465 e. The summed E-state index contributed by atoms with van der Waals surface area (Å²) in [6.07, 6.45) is 2.19. The second-order valence-electron chi connectivity index (χ2n) is 5.41. The Morgan fingerprint density at radius 2 is 1.36 bits per heavy atom. The lowest BCUT2D eigenvalue weighted by Gasteiger charge is -2.22. The standard InChI is InChI=1S/C14H28N2O6/c17-8-2-1-3-11(4-6-15-13(19)20)9-12(10-18)5-7-16-14(21)22/h11-12,15-18H,1-10H2,(H,19,20)(H,21,22). The molecule has 0 aliphatic rings. The van der Waals surface area contributed by atoms with Crippen molar-refractivity contribution in [3.63, 3.8) is 0 Å². The molecule has 8 nitrogen and oxygen atoms in total. The highest BCUT2D eigenvalue weighted by Gasteiger charge is 2.16. The van der Waals surface area contributed by atoms with Crippen molar-refractivity contribution < 1.29 is 30.0 Å². The Labute approximate surface area is 130 Å². The molecule has 130 valence electrons. The van der Waals surface area contributed by atoms with Crippen LogP contribution in [0.3, 0.4) is 0 Å². The van der Waals surface area contributed by atoms with Crippen molar-refractivity contribution in [1.82, 2.24) is 10.6 Å². The van der Waals surface area contributed by atoms with E-state index in [2.05, 4.69) is 10.6 Å². The molecule has 2 amide bonds. The number of unbranched alkanes of at least 4 members (excludes halogenated alkanes) is 1. The van der Waals surface area contributed by atoms with E-state index in [1.807, 2.05) is 0 Å². The van der Waals surface area contributed by atoms with Crippen LogP contribution in [-0.2, 0) is 0 Å². The molecule has 6 N–H and O–H groups in total. The molecule has 0 aromatic rings. The topological polar surface area (TPSA) is 139 Å². The zero-order valence-corrected chi connectivity index (χ0v) is 12.8. The molecular weight excluding hydrogens is 292 g/mol. The Morgan fingerprint density at radius 3 is 1.82 bits per heavy atom. The summed E-state index contributed by atoms with van der Waals surface area (Å²) in [5, 5.41) is 40.0. The fourth-order valence-electron chi connectivity index (χ4n) is 2.45. The highest BCUT2D eigenvalue weighted by atomic mass is 16.4. The van der Waals surface area contributed by atoms with Gasteiger partial charge in [-0.05, 0) is 37.5 Å². The third kappa shape index (κ3) is 12.2. The van der Waals surface area contributed by atoms with E-state index in [1.165, 1.54) is 0 Å². The van der Waals surface area contributed by atoms with E-state index in [-0.39, 0.29) is 31.6 Å². The summed E-state index contributed by atoms with van der Waals surface area (Å²) in [5.74, 6) is 0.219. The first-order chi connectivity index (χ1) is 10.5. The van der Waals surface area contributed by atoms with Gasteiger partial charge in [-0.15, -0.1) is 0 Å². The summed E-state index contributed by atoms with van der Waals surface area (Å²) in [4.78, 5) is 20.9. The van der Waals surface area contributed by atoms with Gasteiger partial charge in [0.05, 0.1) is 0 Å². The summed E-state index contributed by atoms with van der Waals surface area (Å²) >= 11 is 0. The van der Waals surface area contributed by atoms with E-state index in [9.17, 15) is 14.7 Å². The molecule has 2 atom stereocenters. The predicted octanol–water partition coefficient (Wildman–Crippen LogP) is 1.08. The number of amides is 2. The summed E-state index contributed by atoms with van der Waals surface area (Å²) in [6.45, 7) is 0.748. The molecule has 0 radical (unpaired) electrons. The van der Waals surface area contributed by atoms with Crippen LogP contribution in [0, 0.1) is 11.8 Å². The third-order valence-corrected chi connectivity index (χ3v) is 3.60. The molecule has 2 unspecified atom stereocenters. The molecule has 0 spiro atoms. The van der Waals surface area contributed by atoms with Gasteiger partial charge in [-0.3, -0.25) is 0 Å². The van der Waals surface area contributed by atoms with Crippen LogP contribution in [0.5, 0.6) is 0 Å². The van der Waals surface area contributed by atoms with Crippen molar-refractivity contribution in [2.45, 2.75) is 38.5 Å². The fraction of sp³-hybridized carbons (Fsp3) is 0.857. The Bertz CT molecular complexity index is 314. The van der Waals surface area contributed by atoms with Gasteiger partial charge in [0.1, 0.15) is 0 Å². The molecule has 0 fully saturated rings. The Morgan fingerprint density at radius 1 is 0.818 bits per heavy atom. The normalized spacial score (nSPS) is 13.4. The number of hydrogen-bond acceptors (Lipinski definition) is 4. The number of carboxylic acid groups (broad SMARTS) is 2. The highest BCUT2D eigenvalue weighted by Crippen LogP contribution is 2.23. The van der Waals surface area contributed by atoms with Gasteiger partial charge in [0.2, 0.25) is 0 Å². The summed E-state index contributed by atoms with van der Waals surface area (Å²) in [5.41, 5.74) is 0. The molecule has 0 heterocycles. The number of aliphatic hydroxyl groups excluding tert-OH is 2. The van der Waals surface area contributed by atoms with Crippen LogP contribution in [0.25, 0.3) is 0 Å². The first-order valence-electron chi connectivity index (χ1n) is 7.64. The van der Waals surface area contributed by atoms with Crippen LogP contribution < -0.4 is 10.6 Å². The second kappa shape index (κ2) is 13.1. The first kappa shape index (κ1) is 20.5. The molecule has 0 aliphatic carbocycles. The van der Waals surface area contributed by atoms with E-state index in [1.54, 1.807) is 0 Å². The van der Waals surface area contributed by atoms with Crippen LogP contribution >= 0.6 is 0 Å². The zero-order valence-electron chi connectivity index (χ0n) is 12.8. The minimum atomic E-state index is -1.08. The maximum absolute atomic E-state index is 10.5. The maximum Gasteiger partial charge on any atom is 0.404 e. The van der Waals surface area contributed by atoms with Gasteiger partial charge in [0.25, 0.3) is 0 Å². The highest BCUT2D eigenvalue weighted by molar-refractivity contribution is 5.64. The van der Waals surface area contributed by atoms with Crippen molar-refractivity contribution >= 4 is 12.2 Å². The average Bonchev–Trinajstić information content (AvgIpc) is 2.45. The van der Waals surface area contributed by atoms with Gasteiger partial charge >= 0.3 is 12.2 Å². The molecule has 22 heavy (non-hydrogen) atoms. The van der Waals surface area contributed by atoms with E-state index in [0.29, 0.717) is 32.2 Å². The van der Waals surface area contributed by atoms with Crippen LogP contribution in [0.4, 0.5) is 9.59 Å². The SMILES string of the molecule is O=C(O)NCCC(CO)CC(CCCCO)CCNC(=O)O. The minimum absolute atomic E-state index is 0.0178. The molecule has 0 rings (SSSR count). The number of aliphatic hydroxyl groups is 2. The quantitative estimate of drug-likeness (QED) is 0.281. The van der Waals surface area contributed by atoms with E-state index < -0.39 is 12.2 Å². The second-order valence-corrected chi connectivity index (χ2v) is 5.41. The summed E-state index contributed by atoms with van der Waals surface area (Å²) < 4.78 is 0. The van der Waals surface area contributed by atoms with E-state index in [0.717, 1.165) is 12.8 Å². The smallest absolute Gasteiger partial charge is 0.404 e. The molecule has 0 saturated heterocycles. The fourth-order valence-corrected chi connectivity index (χ4v) is 2.45. The van der Waals surface area contributed by atoms with Gasteiger partial charge < -0.3 is 31.1 Å². The van der Waals surface area contributed by atoms with Crippen LogP contribution in [0.2, 0.25) is 0 Å². The Hall–Kier alpha value is -1.54. The molecule has 8 heteroatoms. The molecule has 0 bridgehead atoms. The number of carbonyl (C=O) groups is 2. The lowest BCUT2D eigenvalue weighted by Crippen LogP contribution is -2.27. The number of rotatable bonds is 13. The lowest BCUT2D eigenvalue weighted by molar-refractivity contribution is 0.174. The van der Waals surface area contributed by atoms with Gasteiger partial charge in [-0.1, -0.05) is 12.8 Å². The monoisotopic (exact) mass is 320 g/mol. The van der Waals surface area contributed by atoms with Crippen molar-refractivity contribution in [3.05, 3.63) is 0 Å². The molecule has 0 aromatic heterocycles. The van der Waals surface area contributed by atoms with Gasteiger partial charge in [-0.25, -0.2) is 9.59 Å². The summed E-state index contributed by atoms with van der Waals surface area (Å²) in [6, 6.07) is 0. The van der Waals surface area contributed by atoms with Crippen molar-refractivity contribution in [3.8, 4) is 0 Å². The van der Waals surface area contributed by atoms with Crippen molar-refractivity contribution in [2.75, 3.05) is 26.3 Å². The molecule has 0 saturated carbocycles. The minimum Gasteiger partial charge on any atom is -0.465 e. The van der Waals surface area contributed by atoms with Gasteiger partial charge in [0.15, 0.2) is 0 Å².